The van der Waals surface area contributed by atoms with E-state index in [4.69, 9.17) is 4.74 Å². The Kier molecular flexibility index (Phi) is 7.58. The summed E-state index contributed by atoms with van der Waals surface area (Å²) < 4.78 is 5.89. The Balaban J connectivity index is 0.00000113. The predicted molar refractivity (Wildman–Crippen MR) is 112 cm³/mol. The highest BCUT2D eigenvalue weighted by Gasteiger charge is 2.61. The maximum Gasteiger partial charge on any atom is 0.133 e. The minimum absolute atomic E-state index is 0. The van der Waals surface area contributed by atoms with Gasteiger partial charge in [-0.05, 0) is 85.9 Å². The normalized spacial score (nSPS) is 46.6. The summed E-state index contributed by atoms with van der Waals surface area (Å²) in [6.07, 6.45) is 12.8. The van der Waals surface area contributed by atoms with Crippen LogP contribution in [0.25, 0.3) is 0 Å². The first-order valence-corrected chi connectivity index (χ1v) is 10.1. The molecule has 0 unspecified atom stereocenters. The highest BCUT2D eigenvalue weighted by Crippen LogP contribution is 2.67. The lowest BCUT2D eigenvalue weighted by atomic mass is 9.44. The van der Waals surface area contributed by atoms with E-state index in [1.165, 1.54) is 51.4 Å². The third-order valence-corrected chi connectivity index (χ3v) is 9.04. The SMILES string of the molecule is C.C.C.CC[C@]12CCC(=O)C[C@@H]1CC[C@H]1[C@@H]3CC[C@H](OC)[C@@]3(C)CC[C@@H]12. The molecule has 0 aromatic rings. The van der Waals surface area contributed by atoms with E-state index < -0.39 is 0 Å². The molecule has 0 spiro atoms. The molecule has 0 amide bonds. The number of Topliss-reactive ketones (excluding diaryl/α,β-unsaturated/α-hetero) is 1. The number of carbonyl (C=O) groups is 1. The quantitative estimate of drug-likeness (QED) is 0.530. The third kappa shape index (κ3) is 3.09. The highest BCUT2D eigenvalue weighted by molar-refractivity contribution is 5.79. The average Bonchev–Trinajstić information content (AvgIpc) is 2.90. The molecular weight excluding hydrogens is 320 g/mol. The fourth-order valence-corrected chi connectivity index (χ4v) is 7.90. The Morgan fingerprint density at radius 2 is 1.73 bits per heavy atom. The first kappa shape index (κ1) is 23.7. The molecule has 0 saturated heterocycles. The van der Waals surface area contributed by atoms with Crippen molar-refractivity contribution in [3.63, 3.8) is 0 Å². The van der Waals surface area contributed by atoms with Gasteiger partial charge in [0.1, 0.15) is 5.78 Å². The Bertz CT molecular complexity index is 487. The predicted octanol–water partition coefficient (Wildman–Crippen LogP) is 6.91. The Labute approximate surface area is 163 Å². The molecule has 4 rings (SSSR count). The van der Waals surface area contributed by atoms with Gasteiger partial charge >= 0.3 is 0 Å². The van der Waals surface area contributed by atoms with Gasteiger partial charge in [-0.25, -0.2) is 0 Å². The van der Waals surface area contributed by atoms with E-state index >= 15 is 0 Å². The van der Waals surface area contributed by atoms with E-state index in [1.807, 2.05) is 7.11 Å². The van der Waals surface area contributed by atoms with Crippen molar-refractivity contribution < 1.29 is 9.53 Å². The number of rotatable bonds is 2. The van der Waals surface area contributed by atoms with Crippen LogP contribution in [0.4, 0.5) is 0 Å². The van der Waals surface area contributed by atoms with Crippen LogP contribution in [0.15, 0.2) is 0 Å². The number of fused-ring (bicyclic) bond motifs is 5. The maximum absolute atomic E-state index is 12.0. The van der Waals surface area contributed by atoms with Gasteiger partial charge in [0, 0.05) is 20.0 Å². The molecule has 7 atom stereocenters. The van der Waals surface area contributed by atoms with Gasteiger partial charge in [0.15, 0.2) is 0 Å². The van der Waals surface area contributed by atoms with Gasteiger partial charge in [0.05, 0.1) is 6.10 Å². The van der Waals surface area contributed by atoms with E-state index in [0.29, 0.717) is 28.6 Å². The Morgan fingerprint density at radius 1 is 1.00 bits per heavy atom. The molecule has 4 saturated carbocycles. The molecule has 0 aromatic carbocycles. The molecule has 2 heteroatoms. The van der Waals surface area contributed by atoms with Crippen molar-refractivity contribution in [3.05, 3.63) is 0 Å². The Hall–Kier alpha value is -0.370. The second kappa shape index (κ2) is 8.33. The van der Waals surface area contributed by atoms with Crippen molar-refractivity contribution in [1.29, 1.82) is 0 Å². The van der Waals surface area contributed by atoms with E-state index in [1.54, 1.807) is 0 Å². The molecule has 26 heavy (non-hydrogen) atoms. The number of hydrogen-bond acceptors (Lipinski definition) is 2. The molecule has 0 aliphatic heterocycles. The monoisotopic (exact) mass is 366 g/mol. The third-order valence-electron chi connectivity index (χ3n) is 9.04. The smallest absolute Gasteiger partial charge is 0.133 e. The number of ketones is 1. The molecule has 4 fully saturated rings. The zero-order valence-corrected chi connectivity index (χ0v) is 15.3. The van der Waals surface area contributed by atoms with Crippen molar-refractivity contribution in [2.45, 2.75) is 106 Å². The van der Waals surface area contributed by atoms with Gasteiger partial charge in [-0.3, -0.25) is 4.79 Å². The van der Waals surface area contributed by atoms with E-state index in [-0.39, 0.29) is 22.3 Å². The zero-order chi connectivity index (χ0) is 16.2. The van der Waals surface area contributed by atoms with Crippen LogP contribution in [0.2, 0.25) is 0 Å². The van der Waals surface area contributed by atoms with Crippen LogP contribution in [0.1, 0.15) is 100 Å². The van der Waals surface area contributed by atoms with Crippen LogP contribution in [-0.2, 0) is 9.53 Å². The largest absolute Gasteiger partial charge is 0.381 e. The van der Waals surface area contributed by atoms with Crippen molar-refractivity contribution in [2.24, 2.45) is 34.5 Å². The van der Waals surface area contributed by atoms with Crippen molar-refractivity contribution in [1.82, 2.24) is 0 Å². The van der Waals surface area contributed by atoms with Gasteiger partial charge in [-0.15, -0.1) is 0 Å². The highest BCUT2D eigenvalue weighted by atomic mass is 16.5. The summed E-state index contributed by atoms with van der Waals surface area (Å²) in [7, 11) is 1.92. The number of methoxy groups -OCH3 is 1. The van der Waals surface area contributed by atoms with E-state index in [9.17, 15) is 4.79 Å². The first-order valence-electron chi connectivity index (χ1n) is 10.1. The number of hydrogen-bond donors (Lipinski definition) is 0. The summed E-state index contributed by atoms with van der Waals surface area (Å²) in [6, 6.07) is 0. The topological polar surface area (TPSA) is 26.3 Å². The molecule has 0 aromatic heterocycles. The molecule has 4 aliphatic rings. The van der Waals surface area contributed by atoms with Crippen LogP contribution in [0.5, 0.6) is 0 Å². The Morgan fingerprint density at radius 3 is 2.38 bits per heavy atom. The van der Waals surface area contributed by atoms with Crippen molar-refractivity contribution in [2.75, 3.05) is 7.11 Å². The first-order chi connectivity index (χ1) is 11.0. The number of carbonyl (C=O) groups excluding carboxylic acids is 1. The molecule has 0 heterocycles. The summed E-state index contributed by atoms with van der Waals surface area (Å²) in [5, 5.41) is 0. The molecule has 2 nitrogen and oxygen atoms in total. The zero-order valence-electron chi connectivity index (χ0n) is 15.3. The summed E-state index contributed by atoms with van der Waals surface area (Å²) in [4.78, 5) is 12.0. The molecule has 0 N–H and O–H groups in total. The summed E-state index contributed by atoms with van der Waals surface area (Å²) in [6.45, 7) is 4.93. The minimum Gasteiger partial charge on any atom is -0.381 e. The number of ether oxygens (including phenoxy) is 1. The van der Waals surface area contributed by atoms with Crippen LogP contribution >= 0.6 is 0 Å². The lowest BCUT2D eigenvalue weighted by Crippen LogP contribution is -2.55. The minimum atomic E-state index is 0. The second-order valence-corrected chi connectivity index (χ2v) is 9.33. The van der Waals surface area contributed by atoms with Gasteiger partial charge < -0.3 is 4.74 Å². The van der Waals surface area contributed by atoms with E-state index in [0.717, 1.165) is 30.6 Å². The lowest BCUT2D eigenvalue weighted by Gasteiger charge is -2.61. The lowest BCUT2D eigenvalue weighted by molar-refractivity contribution is -0.148. The fourth-order valence-electron chi connectivity index (χ4n) is 7.90. The summed E-state index contributed by atoms with van der Waals surface area (Å²) >= 11 is 0. The average molecular weight is 367 g/mol. The van der Waals surface area contributed by atoms with Crippen molar-refractivity contribution >= 4 is 5.78 Å². The standard InChI is InChI=1S/C21H34O2.3CH4/c1-4-21-12-9-15(22)13-14(21)5-6-16-17-7-8-19(23-3)20(17,2)11-10-18(16)21;;;/h14,16-19H,4-13H2,1-3H3;3*1H4/t14-,16-,17-,18-,19-,20-,21-;;;/m0.../s1. The van der Waals surface area contributed by atoms with E-state index in [2.05, 4.69) is 13.8 Å². The molecule has 154 valence electrons. The molecule has 4 aliphatic carbocycles. The maximum atomic E-state index is 12.0. The van der Waals surface area contributed by atoms with Crippen LogP contribution < -0.4 is 0 Å². The van der Waals surface area contributed by atoms with Gasteiger partial charge in [-0.1, -0.05) is 36.1 Å². The summed E-state index contributed by atoms with van der Waals surface area (Å²) in [5.74, 6) is 3.89. The van der Waals surface area contributed by atoms with Gasteiger partial charge in [-0.2, -0.15) is 0 Å². The summed E-state index contributed by atoms with van der Waals surface area (Å²) in [5.41, 5.74) is 0.908. The van der Waals surface area contributed by atoms with Crippen LogP contribution in [-0.4, -0.2) is 19.0 Å². The second-order valence-electron chi connectivity index (χ2n) is 9.33. The van der Waals surface area contributed by atoms with Crippen LogP contribution in [0, 0.1) is 34.5 Å². The van der Waals surface area contributed by atoms with Crippen LogP contribution in [0.3, 0.4) is 0 Å². The van der Waals surface area contributed by atoms with Gasteiger partial charge in [0.25, 0.3) is 0 Å². The molecule has 0 radical (unpaired) electrons. The molecule has 0 bridgehead atoms. The fraction of sp³-hybridized carbons (Fsp3) is 0.958. The molecular formula is C24H46O2. The van der Waals surface area contributed by atoms with Crippen molar-refractivity contribution in [3.8, 4) is 0 Å². The van der Waals surface area contributed by atoms with Gasteiger partial charge in [0.2, 0.25) is 0 Å².